The second-order valence-electron chi connectivity index (χ2n) is 5.46. The molecule has 3 aromatic rings. The van der Waals surface area contributed by atoms with E-state index in [1.54, 1.807) is 41.7 Å². The molecule has 0 aliphatic carbocycles. The zero-order valence-corrected chi connectivity index (χ0v) is 15.5. The van der Waals surface area contributed by atoms with Gasteiger partial charge in [-0.2, -0.15) is 0 Å². The molecule has 9 heteroatoms. The molecule has 0 radical (unpaired) electrons. The van der Waals surface area contributed by atoms with Crippen molar-refractivity contribution in [3.8, 4) is 0 Å². The van der Waals surface area contributed by atoms with Crippen molar-refractivity contribution >= 4 is 51.1 Å². The van der Waals surface area contributed by atoms with Crippen molar-refractivity contribution in [1.82, 2.24) is 14.3 Å². The number of para-hydroxylation sites is 1. The number of rotatable bonds is 5. The summed E-state index contributed by atoms with van der Waals surface area (Å²) < 4.78 is 1.49. The lowest BCUT2D eigenvalue weighted by Gasteiger charge is -2.16. The Morgan fingerprint density at radius 1 is 1.36 bits per heavy atom. The Labute approximate surface area is 157 Å². The minimum absolute atomic E-state index is 0.104. The van der Waals surface area contributed by atoms with Crippen molar-refractivity contribution in [3.05, 3.63) is 61.9 Å². The van der Waals surface area contributed by atoms with Gasteiger partial charge in [0.25, 0.3) is 5.56 Å². The van der Waals surface area contributed by atoms with Crippen LogP contribution >= 0.6 is 34.5 Å². The Kier molecular flexibility index (Phi) is 5.39. The summed E-state index contributed by atoms with van der Waals surface area (Å²) in [6, 6.07) is 6.48. The molecule has 3 rings (SSSR count). The van der Waals surface area contributed by atoms with Gasteiger partial charge in [0.15, 0.2) is 4.96 Å². The van der Waals surface area contributed by atoms with Crippen molar-refractivity contribution in [1.29, 1.82) is 0 Å². The van der Waals surface area contributed by atoms with Crippen LogP contribution < -0.4 is 10.9 Å². The van der Waals surface area contributed by atoms with Gasteiger partial charge < -0.3 is 5.32 Å². The number of fused-ring (bicyclic) bond motifs is 1. The number of thiazole rings is 1. The van der Waals surface area contributed by atoms with Crippen LogP contribution in [0, 0.1) is 0 Å². The van der Waals surface area contributed by atoms with Crippen LogP contribution in [0.15, 0.2) is 40.6 Å². The number of amides is 1. The molecule has 0 bridgehead atoms. The van der Waals surface area contributed by atoms with Crippen LogP contribution in [-0.2, 0) is 11.3 Å². The van der Waals surface area contributed by atoms with Gasteiger partial charge in [0.2, 0.25) is 5.91 Å². The fourth-order valence-corrected chi connectivity index (χ4v) is 3.57. The highest BCUT2D eigenvalue weighted by Gasteiger charge is 2.13. The predicted molar refractivity (Wildman–Crippen MR) is 101 cm³/mol. The Morgan fingerprint density at radius 3 is 2.80 bits per heavy atom. The molecule has 2 heterocycles. The van der Waals surface area contributed by atoms with Gasteiger partial charge in [0, 0.05) is 24.2 Å². The van der Waals surface area contributed by atoms with Gasteiger partial charge in [-0.05, 0) is 19.2 Å². The molecule has 6 nitrogen and oxygen atoms in total. The standard InChI is InChI=1S/C16H14Cl2N4O2S/c1-21(8-10-7-14(24)22-5-6-25-16(22)19-10)9-13(23)20-15-11(17)3-2-4-12(15)18/h2-7H,8-9H2,1H3,(H,20,23). The Balaban J connectivity index is 1.66. The second-order valence-corrected chi connectivity index (χ2v) is 7.15. The fourth-order valence-electron chi connectivity index (χ4n) is 2.34. The smallest absolute Gasteiger partial charge is 0.258 e. The highest BCUT2D eigenvalue weighted by atomic mass is 35.5. The topological polar surface area (TPSA) is 66.7 Å². The summed E-state index contributed by atoms with van der Waals surface area (Å²) in [6.45, 7) is 0.473. The number of carbonyl (C=O) groups is 1. The molecule has 0 aliphatic rings. The molecule has 0 fully saturated rings. The molecule has 1 N–H and O–H groups in total. The summed E-state index contributed by atoms with van der Waals surface area (Å²) in [6.07, 6.45) is 1.68. The molecule has 0 unspecified atom stereocenters. The first kappa shape index (κ1) is 17.9. The third-order valence-corrected chi connectivity index (χ3v) is 4.82. The van der Waals surface area contributed by atoms with Gasteiger partial charge in [-0.25, -0.2) is 4.98 Å². The molecule has 25 heavy (non-hydrogen) atoms. The van der Waals surface area contributed by atoms with E-state index in [-0.39, 0.29) is 18.0 Å². The molecule has 1 aromatic carbocycles. The second kappa shape index (κ2) is 7.53. The maximum atomic E-state index is 12.2. The van der Waals surface area contributed by atoms with Crippen LogP contribution in [0.4, 0.5) is 5.69 Å². The lowest BCUT2D eigenvalue weighted by Crippen LogP contribution is -2.30. The van der Waals surface area contributed by atoms with E-state index in [0.717, 1.165) is 0 Å². The number of carbonyl (C=O) groups excluding carboxylic acids is 1. The average Bonchev–Trinajstić information content (AvgIpc) is 3.00. The van der Waals surface area contributed by atoms with E-state index in [9.17, 15) is 9.59 Å². The number of nitrogens with one attached hydrogen (secondary N) is 1. The maximum Gasteiger partial charge on any atom is 0.258 e. The highest BCUT2D eigenvalue weighted by Crippen LogP contribution is 2.29. The first-order chi connectivity index (χ1) is 11.9. The zero-order valence-electron chi connectivity index (χ0n) is 13.2. The van der Waals surface area contributed by atoms with E-state index in [2.05, 4.69) is 10.3 Å². The zero-order chi connectivity index (χ0) is 18.0. The first-order valence-corrected chi connectivity index (χ1v) is 8.96. The van der Waals surface area contributed by atoms with Gasteiger partial charge in [-0.1, -0.05) is 29.3 Å². The fraction of sp³-hybridized carbons (Fsp3) is 0.188. The molecule has 2 aromatic heterocycles. The third kappa shape index (κ3) is 4.19. The minimum atomic E-state index is -0.258. The van der Waals surface area contributed by atoms with Crippen LogP contribution in [0.5, 0.6) is 0 Å². The SMILES string of the molecule is CN(CC(=O)Nc1c(Cl)cccc1Cl)Cc1cc(=O)n2ccsc2n1. The van der Waals surface area contributed by atoms with E-state index in [0.29, 0.717) is 32.9 Å². The van der Waals surface area contributed by atoms with E-state index in [1.807, 2.05) is 0 Å². The van der Waals surface area contributed by atoms with Crippen LogP contribution in [0.1, 0.15) is 5.69 Å². The number of anilines is 1. The predicted octanol–water partition coefficient (Wildman–Crippen LogP) is 3.13. The van der Waals surface area contributed by atoms with Gasteiger partial charge in [-0.15, -0.1) is 11.3 Å². The molecule has 0 aliphatic heterocycles. The van der Waals surface area contributed by atoms with E-state index in [4.69, 9.17) is 23.2 Å². The number of hydrogen-bond acceptors (Lipinski definition) is 5. The summed E-state index contributed by atoms with van der Waals surface area (Å²) in [7, 11) is 1.77. The van der Waals surface area contributed by atoms with Crippen molar-refractivity contribution < 1.29 is 4.79 Å². The van der Waals surface area contributed by atoms with E-state index in [1.165, 1.54) is 21.8 Å². The van der Waals surface area contributed by atoms with Crippen molar-refractivity contribution in [2.24, 2.45) is 0 Å². The first-order valence-electron chi connectivity index (χ1n) is 7.32. The molecule has 0 saturated carbocycles. The van der Waals surface area contributed by atoms with Gasteiger partial charge >= 0.3 is 0 Å². The van der Waals surface area contributed by atoms with Crippen molar-refractivity contribution in [2.45, 2.75) is 6.54 Å². The third-order valence-electron chi connectivity index (χ3n) is 3.43. The summed E-state index contributed by atoms with van der Waals surface area (Å²) in [5, 5.41) is 5.26. The molecule has 130 valence electrons. The molecule has 0 atom stereocenters. The lowest BCUT2D eigenvalue weighted by atomic mass is 10.3. The number of halogens is 2. The Morgan fingerprint density at radius 2 is 2.08 bits per heavy atom. The number of aromatic nitrogens is 2. The molecule has 1 amide bonds. The number of likely N-dealkylation sites (N-methyl/N-ethyl adjacent to an activating group) is 1. The average molecular weight is 397 g/mol. The minimum Gasteiger partial charge on any atom is -0.322 e. The van der Waals surface area contributed by atoms with E-state index < -0.39 is 0 Å². The summed E-state index contributed by atoms with van der Waals surface area (Å²) in [5.74, 6) is -0.258. The van der Waals surface area contributed by atoms with Crippen LogP contribution in [0.25, 0.3) is 4.96 Å². The number of hydrogen-bond donors (Lipinski definition) is 1. The van der Waals surface area contributed by atoms with Gasteiger partial charge in [0.1, 0.15) is 0 Å². The van der Waals surface area contributed by atoms with Crippen molar-refractivity contribution in [2.75, 3.05) is 18.9 Å². The molecule has 0 spiro atoms. The maximum absolute atomic E-state index is 12.2. The lowest BCUT2D eigenvalue weighted by molar-refractivity contribution is -0.117. The largest absolute Gasteiger partial charge is 0.322 e. The number of nitrogens with zero attached hydrogens (tertiary/aromatic N) is 3. The monoisotopic (exact) mass is 396 g/mol. The Bertz CT molecular complexity index is 965. The summed E-state index contributed by atoms with van der Waals surface area (Å²) >= 11 is 13.5. The van der Waals surface area contributed by atoms with E-state index >= 15 is 0 Å². The van der Waals surface area contributed by atoms with Crippen LogP contribution in [0.3, 0.4) is 0 Å². The summed E-state index contributed by atoms with van der Waals surface area (Å²) in [5.41, 5.74) is 0.862. The Hall–Kier alpha value is -1.93. The highest BCUT2D eigenvalue weighted by molar-refractivity contribution is 7.15. The molecular weight excluding hydrogens is 383 g/mol. The quantitative estimate of drug-likeness (QED) is 0.719. The van der Waals surface area contributed by atoms with Gasteiger partial charge in [-0.3, -0.25) is 18.9 Å². The normalized spacial score (nSPS) is 11.2. The van der Waals surface area contributed by atoms with Gasteiger partial charge in [0.05, 0.1) is 28.0 Å². The van der Waals surface area contributed by atoms with Crippen LogP contribution in [0.2, 0.25) is 10.0 Å². The molecular formula is C16H14Cl2N4O2S. The number of benzene rings is 1. The molecule has 0 saturated heterocycles. The van der Waals surface area contributed by atoms with Crippen LogP contribution in [-0.4, -0.2) is 33.8 Å². The summed E-state index contributed by atoms with van der Waals surface area (Å²) in [4.78, 5) is 31.0. The van der Waals surface area contributed by atoms with Crippen molar-refractivity contribution in [3.63, 3.8) is 0 Å².